The maximum Gasteiger partial charge on any atom is 0.290 e. The average molecular weight is 722 g/mol. The summed E-state index contributed by atoms with van der Waals surface area (Å²) < 4.78 is 44.0. The predicted octanol–water partition coefficient (Wildman–Crippen LogP) is 3.49. The van der Waals surface area contributed by atoms with E-state index in [1.807, 2.05) is 14.0 Å². The lowest BCUT2D eigenvalue weighted by atomic mass is 10.1. The molecular formula is C34H39N7O7S2. The maximum atomic E-state index is 14.1. The number of carbonyl (C=O) groups excluding carboxylic acids is 2. The molecule has 0 bridgehead atoms. The first-order valence-electron chi connectivity index (χ1n) is 16.4. The lowest BCUT2D eigenvalue weighted by Gasteiger charge is -2.32. The van der Waals surface area contributed by atoms with Crippen LogP contribution in [0.15, 0.2) is 57.1 Å². The Bertz CT molecular complexity index is 2140. The van der Waals surface area contributed by atoms with Gasteiger partial charge in [0.1, 0.15) is 34.3 Å². The summed E-state index contributed by atoms with van der Waals surface area (Å²) in [6.45, 7) is 6.32. The maximum absolute atomic E-state index is 14.1. The van der Waals surface area contributed by atoms with Crippen molar-refractivity contribution in [2.24, 2.45) is 7.05 Å². The van der Waals surface area contributed by atoms with Gasteiger partial charge >= 0.3 is 0 Å². The van der Waals surface area contributed by atoms with E-state index in [0.717, 1.165) is 23.7 Å². The van der Waals surface area contributed by atoms with Crippen molar-refractivity contribution in [1.29, 1.82) is 0 Å². The van der Waals surface area contributed by atoms with Gasteiger partial charge in [-0.25, -0.2) is 13.4 Å². The Labute approximate surface area is 294 Å². The third-order valence-electron chi connectivity index (χ3n) is 8.49. The molecule has 2 amide bonds. The fraction of sp³-hybridized carbons (Fsp3) is 0.382. The molecule has 0 aliphatic carbocycles. The predicted molar refractivity (Wildman–Crippen MR) is 191 cm³/mol. The molecular weight excluding hydrogens is 683 g/mol. The van der Waals surface area contributed by atoms with Gasteiger partial charge in [0.25, 0.3) is 16.7 Å². The Morgan fingerprint density at radius 3 is 2.38 bits per heavy atom. The van der Waals surface area contributed by atoms with Crippen LogP contribution in [0.4, 0.5) is 4.79 Å². The number of aromatic nitrogens is 4. The van der Waals surface area contributed by atoms with Crippen LogP contribution < -0.4 is 20.3 Å². The molecule has 16 heteroatoms. The first-order valence-corrected chi connectivity index (χ1v) is 18.7. The average Bonchev–Trinajstić information content (AvgIpc) is 3.58. The molecule has 2 aliphatic heterocycles. The highest BCUT2D eigenvalue weighted by atomic mass is 32.2. The molecule has 6 rings (SSSR count). The van der Waals surface area contributed by atoms with Crippen LogP contribution in [0.5, 0.6) is 11.5 Å². The van der Waals surface area contributed by atoms with Crippen LogP contribution >= 0.6 is 11.8 Å². The van der Waals surface area contributed by atoms with Crippen molar-refractivity contribution in [3.63, 3.8) is 0 Å². The number of amides is 2. The van der Waals surface area contributed by atoms with Gasteiger partial charge in [-0.05, 0) is 74.1 Å². The number of imide groups is 1. The van der Waals surface area contributed by atoms with E-state index in [1.54, 1.807) is 61.1 Å². The highest BCUT2D eigenvalue weighted by Gasteiger charge is 2.31. The second kappa shape index (κ2) is 14.8. The quantitative estimate of drug-likeness (QED) is 0.214. The molecule has 2 fully saturated rings. The molecule has 0 saturated carbocycles. The van der Waals surface area contributed by atoms with Crippen molar-refractivity contribution < 1.29 is 27.5 Å². The molecule has 50 heavy (non-hydrogen) atoms. The van der Waals surface area contributed by atoms with Gasteiger partial charge < -0.3 is 14.4 Å². The molecule has 2 saturated heterocycles. The van der Waals surface area contributed by atoms with E-state index < -0.39 is 21.2 Å². The van der Waals surface area contributed by atoms with Crippen LogP contribution in [0.25, 0.3) is 28.5 Å². The summed E-state index contributed by atoms with van der Waals surface area (Å²) in [6, 6.07) is 11.8. The molecule has 0 unspecified atom stereocenters. The zero-order valence-corrected chi connectivity index (χ0v) is 30.0. The molecule has 0 atom stereocenters. The third kappa shape index (κ3) is 7.19. The van der Waals surface area contributed by atoms with Gasteiger partial charge in [-0.2, -0.15) is 9.40 Å². The minimum absolute atomic E-state index is 0.0665. The van der Waals surface area contributed by atoms with Crippen LogP contribution in [0.2, 0.25) is 0 Å². The Morgan fingerprint density at radius 1 is 0.980 bits per heavy atom. The van der Waals surface area contributed by atoms with Crippen molar-refractivity contribution in [2.45, 2.75) is 38.1 Å². The van der Waals surface area contributed by atoms with E-state index >= 15 is 0 Å². The van der Waals surface area contributed by atoms with Crippen molar-refractivity contribution >= 4 is 50.0 Å². The normalized spacial score (nSPS) is 16.8. The Morgan fingerprint density at radius 2 is 1.72 bits per heavy atom. The number of piperazine rings is 1. The van der Waals surface area contributed by atoms with Crippen molar-refractivity contribution in [3.8, 4) is 22.9 Å². The van der Waals surface area contributed by atoms with E-state index in [0.29, 0.717) is 71.4 Å². The summed E-state index contributed by atoms with van der Waals surface area (Å²) in [5, 5.41) is 6.42. The summed E-state index contributed by atoms with van der Waals surface area (Å²) in [6.07, 6.45) is 3.07. The number of ether oxygens (including phenoxy) is 2. The Balaban J connectivity index is 1.33. The number of fused-ring (bicyclic) bond motifs is 1. The van der Waals surface area contributed by atoms with E-state index in [-0.39, 0.29) is 36.0 Å². The van der Waals surface area contributed by atoms with Gasteiger partial charge in [0.15, 0.2) is 5.52 Å². The Kier molecular flexibility index (Phi) is 10.4. The van der Waals surface area contributed by atoms with Crippen molar-refractivity contribution in [1.82, 2.24) is 33.9 Å². The van der Waals surface area contributed by atoms with Gasteiger partial charge in [0.05, 0.1) is 23.8 Å². The highest BCUT2D eigenvalue weighted by Crippen LogP contribution is 2.33. The number of rotatable bonds is 12. The van der Waals surface area contributed by atoms with Crippen molar-refractivity contribution in [3.05, 3.63) is 69.0 Å². The van der Waals surface area contributed by atoms with Gasteiger partial charge in [-0.1, -0.05) is 25.5 Å². The number of sulfonamides is 1. The minimum Gasteiger partial charge on any atom is -0.492 e. The monoisotopic (exact) mass is 721 g/mol. The van der Waals surface area contributed by atoms with E-state index in [1.165, 1.54) is 14.9 Å². The second-order valence-corrected chi connectivity index (χ2v) is 14.9. The van der Waals surface area contributed by atoms with Crippen LogP contribution in [-0.4, -0.2) is 94.5 Å². The van der Waals surface area contributed by atoms with Crippen LogP contribution in [0.1, 0.15) is 31.5 Å². The standard InChI is InChI=1S/C34H39N7O7S2/c1-5-7-25-29-30(39(4)37-25)33(43)41(18-19-48-24-11-8-22(9-12-24)20-27-32(42)36-34(44)49-27)31(35-29)23-10-13-28(26(21-23)47-6-2)50(45,46)40-16-14-38(3)15-17-40/h8-13,20-21H,5-7,14-19H2,1-4H3,(H,36,42,44)/b27-20+. The second-order valence-electron chi connectivity index (χ2n) is 12.0. The number of likely N-dealkylation sites (N-methyl/N-ethyl adjacent to an activating group) is 1. The number of hydrogen-bond acceptors (Lipinski definition) is 11. The highest BCUT2D eigenvalue weighted by molar-refractivity contribution is 8.18. The van der Waals surface area contributed by atoms with E-state index in [4.69, 9.17) is 14.5 Å². The molecule has 2 aromatic carbocycles. The largest absolute Gasteiger partial charge is 0.492 e. The lowest BCUT2D eigenvalue weighted by molar-refractivity contribution is -0.115. The Hall–Kier alpha value is -4.51. The number of nitrogens with one attached hydrogen (secondary N) is 1. The molecule has 264 valence electrons. The molecule has 4 heterocycles. The topological polar surface area (TPSA) is 158 Å². The summed E-state index contributed by atoms with van der Waals surface area (Å²) in [5.41, 5.74) is 2.50. The lowest BCUT2D eigenvalue weighted by Crippen LogP contribution is -2.47. The summed E-state index contributed by atoms with van der Waals surface area (Å²) in [7, 11) is -0.159. The molecule has 14 nitrogen and oxygen atoms in total. The smallest absolute Gasteiger partial charge is 0.290 e. The van der Waals surface area contributed by atoms with Crippen LogP contribution in [0, 0.1) is 0 Å². The minimum atomic E-state index is -3.84. The first kappa shape index (κ1) is 35.3. The number of nitrogens with zero attached hydrogens (tertiary/aromatic N) is 6. The number of benzene rings is 2. The molecule has 1 N–H and O–H groups in total. The molecule has 0 radical (unpaired) electrons. The van der Waals surface area contributed by atoms with Crippen LogP contribution in [0.3, 0.4) is 0 Å². The van der Waals surface area contributed by atoms with Gasteiger partial charge in [0, 0.05) is 38.8 Å². The summed E-state index contributed by atoms with van der Waals surface area (Å²) in [5.74, 6) is 0.638. The zero-order chi connectivity index (χ0) is 35.6. The zero-order valence-electron chi connectivity index (χ0n) is 28.3. The molecule has 0 spiro atoms. The SMILES string of the molecule is CCCc1nn(C)c2c(=O)n(CCOc3ccc(/C=C4/SC(=O)NC4=O)cc3)c(-c3ccc(S(=O)(=O)N4CCN(C)CC4)c(OCC)c3)nc12. The molecule has 2 aromatic heterocycles. The first-order chi connectivity index (χ1) is 24.0. The molecule has 4 aromatic rings. The fourth-order valence-corrected chi connectivity index (χ4v) is 8.15. The number of hydrogen-bond donors (Lipinski definition) is 1. The van der Waals surface area contributed by atoms with Crippen molar-refractivity contribution in [2.75, 3.05) is 46.4 Å². The number of aryl methyl sites for hydroxylation is 2. The fourth-order valence-electron chi connectivity index (χ4n) is 5.93. The van der Waals surface area contributed by atoms with Crippen LogP contribution in [-0.2, 0) is 34.8 Å². The van der Waals surface area contributed by atoms with E-state index in [9.17, 15) is 22.8 Å². The summed E-state index contributed by atoms with van der Waals surface area (Å²) >= 11 is 0.847. The third-order valence-corrected chi connectivity index (χ3v) is 11.2. The van der Waals surface area contributed by atoms with Gasteiger partial charge in [-0.3, -0.25) is 28.9 Å². The molecule has 2 aliphatic rings. The van der Waals surface area contributed by atoms with E-state index in [2.05, 4.69) is 15.3 Å². The summed E-state index contributed by atoms with van der Waals surface area (Å²) in [4.78, 5) is 44.9. The number of carbonyl (C=O) groups is 2. The van der Waals surface area contributed by atoms with Gasteiger partial charge in [0.2, 0.25) is 10.0 Å². The van der Waals surface area contributed by atoms with Gasteiger partial charge in [-0.15, -0.1) is 0 Å². The number of thioether (sulfide) groups is 1.